The molecule has 4 rings (SSSR count). The molecule has 1 aromatic rings. The maximum Gasteiger partial charge on any atom is 0.160 e. The molecule has 0 radical (unpaired) electrons. The number of hydrogen-bond donors (Lipinski definition) is 1. The minimum absolute atomic E-state index is 0.0720. The molecule has 2 aliphatic heterocycles. The third-order valence-corrected chi connectivity index (χ3v) is 4.60. The maximum absolute atomic E-state index is 12.1. The fourth-order valence-corrected chi connectivity index (χ4v) is 3.57. The first-order chi connectivity index (χ1) is 9.11. The lowest BCUT2D eigenvalue weighted by molar-refractivity contribution is -0.136. The Balaban J connectivity index is 1.97. The highest BCUT2D eigenvalue weighted by Crippen LogP contribution is 2.45. The number of carbonyl (C=O) groups excluding carboxylic acids is 1. The van der Waals surface area contributed by atoms with Crippen LogP contribution in [0.2, 0.25) is 0 Å². The van der Waals surface area contributed by atoms with Crippen molar-refractivity contribution in [1.29, 1.82) is 0 Å². The second-order valence-electron chi connectivity index (χ2n) is 5.55. The van der Waals surface area contributed by atoms with E-state index in [0.29, 0.717) is 24.0 Å². The van der Waals surface area contributed by atoms with Crippen molar-refractivity contribution < 1.29 is 14.6 Å². The minimum Gasteiger partial charge on any atom is -0.504 e. The highest BCUT2D eigenvalue weighted by atomic mass is 16.5. The lowest BCUT2D eigenvalue weighted by Crippen LogP contribution is -2.52. The number of carbonyl (C=O) groups is 1. The fraction of sp³-hybridized carbons (Fsp3) is 0.533. The van der Waals surface area contributed by atoms with Gasteiger partial charge in [0.05, 0.1) is 7.11 Å². The van der Waals surface area contributed by atoms with Crippen LogP contribution in [0, 0.1) is 5.92 Å². The van der Waals surface area contributed by atoms with Crippen LogP contribution in [0.25, 0.3) is 0 Å². The predicted molar refractivity (Wildman–Crippen MR) is 71.3 cm³/mol. The molecule has 0 spiro atoms. The highest BCUT2D eigenvalue weighted by molar-refractivity contribution is 5.84. The summed E-state index contributed by atoms with van der Waals surface area (Å²) in [4.78, 5) is 14.4. The van der Waals surface area contributed by atoms with Crippen molar-refractivity contribution in [3.05, 3.63) is 23.8 Å². The van der Waals surface area contributed by atoms with Crippen LogP contribution in [-0.4, -0.2) is 36.0 Å². The molecule has 0 amide bonds. The lowest BCUT2D eigenvalue weighted by atomic mass is 9.72. The lowest BCUT2D eigenvalue weighted by Gasteiger charge is -2.49. The van der Waals surface area contributed by atoms with Crippen molar-refractivity contribution >= 4 is 5.78 Å². The van der Waals surface area contributed by atoms with E-state index in [4.69, 9.17) is 4.74 Å². The summed E-state index contributed by atoms with van der Waals surface area (Å²) in [6.45, 7) is 0. The van der Waals surface area contributed by atoms with Crippen molar-refractivity contribution in [3.8, 4) is 11.5 Å². The van der Waals surface area contributed by atoms with Gasteiger partial charge in [0.15, 0.2) is 11.5 Å². The second-order valence-corrected chi connectivity index (χ2v) is 5.55. The Morgan fingerprint density at radius 3 is 2.79 bits per heavy atom. The van der Waals surface area contributed by atoms with Crippen molar-refractivity contribution in [2.75, 3.05) is 14.2 Å². The van der Waals surface area contributed by atoms with E-state index >= 15 is 0 Å². The van der Waals surface area contributed by atoms with E-state index < -0.39 is 0 Å². The van der Waals surface area contributed by atoms with Crippen LogP contribution in [0.3, 0.4) is 0 Å². The zero-order valence-corrected chi connectivity index (χ0v) is 11.3. The molecule has 1 N–H and O–H groups in total. The summed E-state index contributed by atoms with van der Waals surface area (Å²) >= 11 is 0. The smallest absolute Gasteiger partial charge is 0.160 e. The Morgan fingerprint density at radius 2 is 2.16 bits per heavy atom. The zero-order valence-electron chi connectivity index (χ0n) is 11.3. The van der Waals surface area contributed by atoms with Crippen LogP contribution in [0.5, 0.6) is 11.5 Å². The SMILES string of the molecule is COc1ccc(C2C3CCC(CC3=O)N2C)cc1O. The van der Waals surface area contributed by atoms with Gasteiger partial charge in [0.2, 0.25) is 0 Å². The number of hydrogen-bond acceptors (Lipinski definition) is 4. The van der Waals surface area contributed by atoms with E-state index in [2.05, 4.69) is 11.9 Å². The van der Waals surface area contributed by atoms with Gasteiger partial charge in [-0.2, -0.15) is 0 Å². The van der Waals surface area contributed by atoms with Gasteiger partial charge in [-0.05, 0) is 37.6 Å². The monoisotopic (exact) mass is 261 g/mol. The molecule has 19 heavy (non-hydrogen) atoms. The third kappa shape index (κ3) is 1.91. The fourth-order valence-electron chi connectivity index (χ4n) is 3.57. The molecule has 3 fully saturated rings. The molecule has 3 unspecified atom stereocenters. The molecule has 4 heteroatoms. The number of phenolic OH excluding ortho intramolecular Hbond substituents is 1. The Morgan fingerprint density at radius 1 is 1.37 bits per heavy atom. The van der Waals surface area contributed by atoms with Crippen molar-refractivity contribution in [1.82, 2.24) is 4.90 Å². The van der Waals surface area contributed by atoms with Gasteiger partial charge in [-0.25, -0.2) is 0 Å². The molecule has 3 atom stereocenters. The first-order valence-corrected chi connectivity index (χ1v) is 6.73. The van der Waals surface area contributed by atoms with Crippen LogP contribution in [0.15, 0.2) is 18.2 Å². The second kappa shape index (κ2) is 4.53. The molecule has 102 valence electrons. The molecule has 1 aliphatic carbocycles. The van der Waals surface area contributed by atoms with Crippen molar-refractivity contribution in [2.45, 2.75) is 31.3 Å². The van der Waals surface area contributed by atoms with Crippen LogP contribution >= 0.6 is 0 Å². The molecule has 4 nitrogen and oxygen atoms in total. The first-order valence-electron chi connectivity index (χ1n) is 6.73. The van der Waals surface area contributed by atoms with E-state index in [-0.39, 0.29) is 17.7 Å². The molecule has 3 aliphatic rings. The van der Waals surface area contributed by atoms with Gasteiger partial charge in [-0.3, -0.25) is 9.69 Å². The summed E-state index contributed by atoms with van der Waals surface area (Å²) < 4.78 is 5.07. The highest BCUT2D eigenvalue weighted by Gasteiger charge is 2.45. The number of benzene rings is 1. The summed E-state index contributed by atoms with van der Waals surface area (Å²) in [5.41, 5.74) is 1.00. The Hall–Kier alpha value is -1.55. The van der Waals surface area contributed by atoms with Gasteiger partial charge in [0, 0.05) is 24.4 Å². The zero-order chi connectivity index (χ0) is 13.6. The standard InChI is InChI=1S/C15H19NO3/c1-16-10-4-5-11(12(17)8-10)15(16)9-3-6-14(19-2)13(18)7-9/h3,6-7,10-11,15,18H,4-5,8H2,1-2H3. The number of Topliss-reactive ketones (excluding diaryl/α,β-unsaturated/α-hetero) is 1. The van der Waals surface area contributed by atoms with Gasteiger partial charge in [0.1, 0.15) is 5.78 Å². The molecule has 2 saturated heterocycles. The van der Waals surface area contributed by atoms with Crippen LogP contribution < -0.4 is 4.74 Å². The van der Waals surface area contributed by atoms with Gasteiger partial charge < -0.3 is 9.84 Å². The molecule has 2 bridgehead atoms. The quantitative estimate of drug-likeness (QED) is 0.886. The summed E-state index contributed by atoms with van der Waals surface area (Å²) in [6, 6.07) is 5.90. The Kier molecular flexibility index (Phi) is 2.97. The molecular formula is C15H19NO3. The molecule has 2 heterocycles. The van der Waals surface area contributed by atoms with Crippen LogP contribution in [0.1, 0.15) is 30.9 Å². The number of phenols is 1. The van der Waals surface area contributed by atoms with E-state index in [1.54, 1.807) is 12.1 Å². The average Bonchev–Trinajstić information content (AvgIpc) is 2.40. The topological polar surface area (TPSA) is 49.8 Å². The van der Waals surface area contributed by atoms with Gasteiger partial charge in [0.25, 0.3) is 0 Å². The number of ether oxygens (including phenoxy) is 1. The van der Waals surface area contributed by atoms with E-state index in [1.165, 1.54) is 7.11 Å². The average molecular weight is 261 g/mol. The Bertz CT molecular complexity index is 514. The number of fused-ring (bicyclic) bond motifs is 3. The predicted octanol–water partition coefficient (Wildman–Crippen LogP) is 2.13. The third-order valence-electron chi connectivity index (χ3n) is 4.60. The summed E-state index contributed by atoms with van der Waals surface area (Å²) in [5.74, 6) is 1.05. The molecule has 1 saturated carbocycles. The van der Waals surface area contributed by atoms with Gasteiger partial charge >= 0.3 is 0 Å². The summed E-state index contributed by atoms with van der Waals surface area (Å²) in [5, 5.41) is 9.92. The minimum atomic E-state index is 0.0720. The van der Waals surface area contributed by atoms with Gasteiger partial charge in [-0.15, -0.1) is 0 Å². The number of rotatable bonds is 2. The Labute approximate surface area is 113 Å². The normalized spacial score (nSPS) is 30.6. The number of methoxy groups -OCH3 is 1. The van der Waals surface area contributed by atoms with Crippen molar-refractivity contribution in [3.63, 3.8) is 0 Å². The van der Waals surface area contributed by atoms with Crippen LogP contribution in [0.4, 0.5) is 0 Å². The number of aromatic hydroxyl groups is 1. The number of ketones is 1. The number of piperidine rings is 2. The maximum atomic E-state index is 12.1. The van der Waals surface area contributed by atoms with E-state index in [1.807, 2.05) is 6.07 Å². The summed E-state index contributed by atoms with van der Waals surface area (Å²) in [6.07, 6.45) is 2.75. The van der Waals surface area contributed by atoms with Crippen molar-refractivity contribution in [2.24, 2.45) is 5.92 Å². The molecule has 0 aromatic heterocycles. The summed E-state index contributed by atoms with van der Waals surface area (Å²) in [7, 11) is 3.61. The van der Waals surface area contributed by atoms with E-state index in [0.717, 1.165) is 18.4 Å². The molecular weight excluding hydrogens is 242 g/mol. The van der Waals surface area contributed by atoms with Gasteiger partial charge in [-0.1, -0.05) is 6.07 Å². The largest absolute Gasteiger partial charge is 0.504 e. The first kappa shape index (κ1) is 12.5. The number of nitrogens with zero attached hydrogens (tertiary/aromatic N) is 1. The molecule has 1 aromatic carbocycles. The van der Waals surface area contributed by atoms with E-state index in [9.17, 15) is 9.90 Å². The van der Waals surface area contributed by atoms with Crippen LogP contribution in [-0.2, 0) is 4.79 Å².